The summed E-state index contributed by atoms with van der Waals surface area (Å²) in [5.41, 5.74) is 1.47. The SMILES string of the molecule is CN(c1ccccc1)S(=O)(=O)c1ccc(NC(=S)NC(=O)c2cccc(Cl)c2)cc1. The number of benzene rings is 3. The van der Waals surface area contributed by atoms with Crippen LogP contribution in [0.15, 0.2) is 83.8 Å². The van der Waals surface area contributed by atoms with Crippen LogP contribution in [0.2, 0.25) is 5.02 Å². The van der Waals surface area contributed by atoms with Crippen LogP contribution in [0.1, 0.15) is 10.4 Å². The van der Waals surface area contributed by atoms with E-state index in [9.17, 15) is 13.2 Å². The first-order chi connectivity index (χ1) is 14.3. The van der Waals surface area contributed by atoms with Crippen LogP contribution in [0, 0.1) is 0 Å². The summed E-state index contributed by atoms with van der Waals surface area (Å²) in [4.78, 5) is 12.3. The second-order valence-electron chi connectivity index (χ2n) is 6.25. The molecular weight excluding hydrogens is 442 g/mol. The van der Waals surface area contributed by atoms with Crippen molar-refractivity contribution in [1.29, 1.82) is 0 Å². The van der Waals surface area contributed by atoms with Gasteiger partial charge in [0, 0.05) is 23.3 Å². The number of amides is 1. The number of halogens is 1. The summed E-state index contributed by atoms with van der Waals surface area (Å²) in [6.45, 7) is 0. The van der Waals surface area contributed by atoms with Gasteiger partial charge in [-0.3, -0.25) is 14.4 Å². The zero-order valence-corrected chi connectivity index (χ0v) is 18.3. The topological polar surface area (TPSA) is 78.5 Å². The van der Waals surface area contributed by atoms with Gasteiger partial charge in [0.05, 0.1) is 10.6 Å². The number of para-hydroxylation sites is 1. The summed E-state index contributed by atoms with van der Waals surface area (Å²) in [5, 5.41) is 5.93. The molecule has 0 aliphatic carbocycles. The van der Waals surface area contributed by atoms with Crippen molar-refractivity contribution in [1.82, 2.24) is 5.32 Å². The van der Waals surface area contributed by atoms with Crippen LogP contribution in [0.3, 0.4) is 0 Å². The van der Waals surface area contributed by atoms with Crippen LogP contribution in [0.4, 0.5) is 11.4 Å². The van der Waals surface area contributed by atoms with E-state index in [0.717, 1.165) is 0 Å². The number of carbonyl (C=O) groups is 1. The molecular formula is C21H18ClN3O3S2. The fraction of sp³-hybridized carbons (Fsp3) is 0.0476. The number of hydrogen-bond donors (Lipinski definition) is 2. The molecule has 0 radical (unpaired) electrons. The fourth-order valence-corrected chi connectivity index (χ4v) is 4.21. The van der Waals surface area contributed by atoms with Crippen LogP contribution in [-0.4, -0.2) is 26.5 Å². The highest BCUT2D eigenvalue weighted by Gasteiger charge is 2.21. The van der Waals surface area contributed by atoms with Crippen LogP contribution in [0.5, 0.6) is 0 Å². The molecule has 0 atom stereocenters. The van der Waals surface area contributed by atoms with Gasteiger partial charge >= 0.3 is 0 Å². The van der Waals surface area contributed by atoms with Crippen LogP contribution in [-0.2, 0) is 10.0 Å². The zero-order chi connectivity index (χ0) is 21.7. The smallest absolute Gasteiger partial charge is 0.264 e. The summed E-state index contributed by atoms with van der Waals surface area (Å²) in [6.07, 6.45) is 0. The first kappa shape index (κ1) is 21.8. The molecule has 0 aromatic heterocycles. The molecule has 3 aromatic rings. The van der Waals surface area contributed by atoms with E-state index in [4.69, 9.17) is 23.8 Å². The first-order valence-corrected chi connectivity index (χ1v) is 11.0. The number of hydrogen-bond acceptors (Lipinski definition) is 4. The van der Waals surface area contributed by atoms with E-state index in [0.29, 0.717) is 22.0 Å². The summed E-state index contributed by atoms with van der Waals surface area (Å²) in [7, 11) is -2.21. The molecule has 3 rings (SSSR count). The molecule has 0 spiro atoms. The van der Waals surface area contributed by atoms with Gasteiger partial charge in [0.1, 0.15) is 0 Å². The maximum absolute atomic E-state index is 12.8. The molecule has 6 nitrogen and oxygen atoms in total. The van der Waals surface area contributed by atoms with Crippen molar-refractivity contribution in [2.24, 2.45) is 0 Å². The van der Waals surface area contributed by atoms with E-state index < -0.39 is 15.9 Å². The summed E-state index contributed by atoms with van der Waals surface area (Å²) < 4.78 is 26.8. The molecule has 3 aromatic carbocycles. The normalized spacial score (nSPS) is 10.9. The predicted octanol–water partition coefficient (Wildman–Crippen LogP) is 4.29. The Kier molecular flexibility index (Phi) is 6.71. The number of nitrogens with zero attached hydrogens (tertiary/aromatic N) is 1. The monoisotopic (exact) mass is 459 g/mol. The van der Waals surface area contributed by atoms with Gasteiger partial charge in [-0.1, -0.05) is 35.9 Å². The van der Waals surface area contributed by atoms with Gasteiger partial charge in [0.15, 0.2) is 5.11 Å². The molecule has 0 heterocycles. The van der Waals surface area contributed by atoms with E-state index in [1.54, 1.807) is 54.6 Å². The average molecular weight is 460 g/mol. The number of thiocarbonyl (C=S) groups is 1. The van der Waals surface area contributed by atoms with Crippen LogP contribution in [0.25, 0.3) is 0 Å². The van der Waals surface area contributed by atoms with E-state index >= 15 is 0 Å². The van der Waals surface area contributed by atoms with E-state index in [1.807, 2.05) is 6.07 Å². The molecule has 9 heteroatoms. The predicted molar refractivity (Wildman–Crippen MR) is 124 cm³/mol. The first-order valence-electron chi connectivity index (χ1n) is 8.79. The van der Waals surface area contributed by atoms with Gasteiger partial charge in [0.25, 0.3) is 15.9 Å². The maximum atomic E-state index is 12.8. The minimum Gasteiger partial charge on any atom is -0.332 e. The Morgan fingerprint density at radius 3 is 2.27 bits per heavy atom. The van der Waals surface area contributed by atoms with Gasteiger partial charge in [-0.2, -0.15) is 0 Å². The largest absolute Gasteiger partial charge is 0.332 e. The maximum Gasteiger partial charge on any atom is 0.264 e. The van der Waals surface area contributed by atoms with Crippen molar-refractivity contribution >= 4 is 56.2 Å². The van der Waals surface area contributed by atoms with E-state index in [2.05, 4.69) is 10.6 Å². The minimum absolute atomic E-state index is 0.0805. The summed E-state index contributed by atoms with van der Waals surface area (Å²) in [5.74, 6) is -0.404. The lowest BCUT2D eigenvalue weighted by Gasteiger charge is -2.19. The Hall–Kier alpha value is -2.94. The molecule has 0 fully saturated rings. The molecule has 0 saturated heterocycles. The highest BCUT2D eigenvalue weighted by Crippen LogP contribution is 2.22. The number of nitrogens with one attached hydrogen (secondary N) is 2. The van der Waals surface area contributed by atoms with Crippen LogP contribution >= 0.6 is 23.8 Å². The molecule has 0 bridgehead atoms. The highest BCUT2D eigenvalue weighted by atomic mass is 35.5. The van der Waals surface area contributed by atoms with Crippen LogP contribution < -0.4 is 14.9 Å². The van der Waals surface area contributed by atoms with Crippen molar-refractivity contribution in [3.63, 3.8) is 0 Å². The third-order valence-electron chi connectivity index (χ3n) is 4.20. The number of carbonyl (C=O) groups excluding carboxylic acids is 1. The number of sulfonamides is 1. The second-order valence-corrected chi connectivity index (χ2v) is 9.07. The lowest BCUT2D eigenvalue weighted by atomic mass is 10.2. The minimum atomic E-state index is -3.71. The third-order valence-corrected chi connectivity index (χ3v) is 6.44. The Bertz CT molecular complexity index is 1170. The van der Waals surface area contributed by atoms with Crippen molar-refractivity contribution in [3.8, 4) is 0 Å². The highest BCUT2D eigenvalue weighted by molar-refractivity contribution is 7.92. The molecule has 0 unspecified atom stereocenters. The summed E-state index contributed by atoms with van der Waals surface area (Å²) in [6, 6.07) is 21.4. The molecule has 0 saturated carbocycles. The van der Waals surface area contributed by atoms with Crippen molar-refractivity contribution in [3.05, 3.63) is 89.4 Å². The van der Waals surface area contributed by atoms with Crippen molar-refractivity contribution in [2.45, 2.75) is 4.90 Å². The number of rotatable bonds is 5. The van der Waals surface area contributed by atoms with Gasteiger partial charge in [-0.25, -0.2) is 8.42 Å². The quantitative estimate of drug-likeness (QED) is 0.556. The standard InChI is InChI=1S/C21H18ClN3O3S2/c1-25(18-8-3-2-4-9-18)30(27,28)19-12-10-17(11-13-19)23-21(29)24-20(26)15-6-5-7-16(22)14-15/h2-14H,1H3,(H2,23,24,26,29). The molecule has 30 heavy (non-hydrogen) atoms. The van der Waals surface area contributed by atoms with Crippen molar-refractivity contribution < 1.29 is 13.2 Å². The van der Waals surface area contributed by atoms with Gasteiger partial charge in [0.2, 0.25) is 0 Å². The summed E-state index contributed by atoms with van der Waals surface area (Å²) >= 11 is 11.0. The zero-order valence-electron chi connectivity index (χ0n) is 15.9. The van der Waals surface area contributed by atoms with E-state index in [1.165, 1.54) is 29.6 Å². The van der Waals surface area contributed by atoms with Gasteiger partial charge < -0.3 is 5.32 Å². The Morgan fingerprint density at radius 2 is 1.63 bits per heavy atom. The average Bonchev–Trinajstić information content (AvgIpc) is 2.74. The lowest BCUT2D eigenvalue weighted by molar-refractivity contribution is 0.0977. The molecule has 2 N–H and O–H groups in total. The number of anilines is 2. The Balaban J connectivity index is 1.67. The molecule has 0 aliphatic heterocycles. The second kappa shape index (κ2) is 9.25. The van der Waals surface area contributed by atoms with Crippen molar-refractivity contribution in [2.75, 3.05) is 16.7 Å². The third kappa shape index (κ3) is 5.15. The molecule has 154 valence electrons. The fourth-order valence-electron chi connectivity index (χ4n) is 2.61. The van der Waals surface area contributed by atoms with Gasteiger partial charge in [-0.15, -0.1) is 0 Å². The molecule has 0 aliphatic rings. The van der Waals surface area contributed by atoms with E-state index in [-0.39, 0.29) is 10.0 Å². The Labute approximate surface area is 185 Å². The lowest BCUT2D eigenvalue weighted by Crippen LogP contribution is -2.34. The Morgan fingerprint density at radius 1 is 0.967 bits per heavy atom. The molecule has 1 amide bonds. The van der Waals surface area contributed by atoms with Gasteiger partial charge in [-0.05, 0) is 66.8 Å².